The molecule has 0 amide bonds. The Morgan fingerprint density at radius 3 is 2.00 bits per heavy atom. The molecule has 4 rings (SSSR count). The van der Waals surface area contributed by atoms with Crippen LogP contribution in [-0.4, -0.2) is 23.4 Å². The van der Waals surface area contributed by atoms with Crippen molar-refractivity contribution in [2.75, 3.05) is 0 Å². The third-order valence-electron chi connectivity index (χ3n) is 5.10. The zero-order chi connectivity index (χ0) is 26.4. The number of allylic oxidation sites excluding steroid dienone is 6. The minimum absolute atomic E-state index is 0.00492. The molecule has 0 saturated heterocycles. The van der Waals surface area contributed by atoms with Crippen molar-refractivity contribution in [1.82, 2.24) is 0 Å². The van der Waals surface area contributed by atoms with Crippen molar-refractivity contribution in [3.63, 3.8) is 0 Å². The minimum atomic E-state index is -0.704. The summed E-state index contributed by atoms with van der Waals surface area (Å²) in [7, 11) is 0. The molecule has 0 unspecified atom stereocenters. The highest BCUT2D eigenvalue weighted by Gasteiger charge is 2.18. The van der Waals surface area contributed by atoms with E-state index < -0.39 is 17.5 Å². The molecule has 0 aliphatic rings. The maximum absolute atomic E-state index is 12.8. The summed E-state index contributed by atoms with van der Waals surface area (Å²) in [5.74, 6) is -0.438. The quantitative estimate of drug-likeness (QED) is 0.0575. The van der Waals surface area contributed by atoms with Crippen LogP contribution in [0.5, 0.6) is 0 Å². The lowest BCUT2D eigenvalue weighted by Gasteiger charge is -2.02. The number of para-hydroxylation sites is 2. The van der Waals surface area contributed by atoms with Crippen LogP contribution in [0.3, 0.4) is 0 Å². The summed E-state index contributed by atoms with van der Waals surface area (Å²) in [6.07, 6.45) is 4.82. The highest BCUT2D eigenvalue weighted by Crippen LogP contribution is 2.23. The van der Waals surface area contributed by atoms with E-state index in [1.54, 1.807) is 54.6 Å². The van der Waals surface area contributed by atoms with Gasteiger partial charge < -0.3 is 19.0 Å². The smallest absolute Gasteiger partial charge is 0.308 e. The summed E-state index contributed by atoms with van der Waals surface area (Å²) < 4.78 is 16.1. The van der Waals surface area contributed by atoms with Crippen LogP contribution < -0.4 is 0 Å². The van der Waals surface area contributed by atoms with E-state index in [4.69, 9.17) is 13.6 Å². The number of fused-ring (bicyclic) bond motifs is 2. The minimum Gasteiger partial charge on any atom is -0.763 e. The molecule has 2 aromatic carbocycles. The molecule has 2 aromatic heterocycles. The first-order chi connectivity index (χ1) is 17.9. The van der Waals surface area contributed by atoms with Gasteiger partial charge in [-0.15, -0.1) is 0 Å². The Balaban J connectivity index is 1.60. The van der Waals surface area contributed by atoms with Crippen molar-refractivity contribution >= 4 is 45.3 Å². The second-order valence-electron chi connectivity index (χ2n) is 7.67. The zero-order valence-electron chi connectivity index (χ0n) is 19.4. The Bertz CT molecular complexity index is 1670. The van der Waals surface area contributed by atoms with E-state index in [0.717, 1.165) is 13.0 Å². The van der Waals surface area contributed by atoms with E-state index in [0.29, 0.717) is 21.9 Å². The lowest BCUT2D eigenvalue weighted by molar-refractivity contribution is -0.136. The zero-order valence-corrected chi connectivity index (χ0v) is 19.4. The maximum atomic E-state index is 12.8. The van der Waals surface area contributed by atoms with Gasteiger partial charge >= 0.3 is 5.97 Å². The van der Waals surface area contributed by atoms with E-state index in [1.807, 2.05) is 5.87 Å². The Labute approximate surface area is 210 Å². The fourth-order valence-electron chi connectivity index (χ4n) is 3.42. The largest absolute Gasteiger partial charge is 0.763 e. The van der Waals surface area contributed by atoms with E-state index >= 15 is 0 Å². The molecule has 180 valence electrons. The summed E-state index contributed by atoms with van der Waals surface area (Å²) in [5, 5.41) is 20.4. The van der Waals surface area contributed by atoms with Gasteiger partial charge in [0, 0.05) is 29.3 Å². The van der Waals surface area contributed by atoms with Crippen molar-refractivity contribution in [3.05, 3.63) is 119 Å². The van der Waals surface area contributed by atoms with Gasteiger partial charge in [0.25, 0.3) is 0 Å². The van der Waals surface area contributed by atoms with Crippen molar-refractivity contribution in [3.8, 4) is 6.07 Å². The number of ether oxygens (including phenoxy) is 1. The summed E-state index contributed by atoms with van der Waals surface area (Å²) in [4.78, 5) is 37.2. The van der Waals surface area contributed by atoms with E-state index in [2.05, 4.69) is 0 Å². The average molecular weight is 489 g/mol. The molecule has 0 bridgehead atoms. The van der Waals surface area contributed by atoms with Gasteiger partial charge in [-0.05, 0) is 36.4 Å². The first kappa shape index (κ1) is 24.6. The van der Waals surface area contributed by atoms with Gasteiger partial charge in [0.2, 0.25) is 11.6 Å². The number of esters is 1. The Kier molecular flexibility index (Phi) is 7.20. The lowest BCUT2D eigenvalue weighted by Crippen LogP contribution is -2.03. The van der Waals surface area contributed by atoms with Crippen molar-refractivity contribution in [1.29, 1.82) is 5.26 Å². The number of benzene rings is 2. The topological polar surface area (TPSA) is 133 Å². The molecule has 0 saturated carbocycles. The summed E-state index contributed by atoms with van der Waals surface area (Å²) in [6, 6.07) is 18.8. The Morgan fingerprint density at radius 2 is 1.49 bits per heavy atom. The molecule has 0 N–H and O–H groups in total. The number of nitriles is 1. The predicted molar refractivity (Wildman–Crippen MR) is 136 cm³/mol. The second-order valence-corrected chi connectivity index (χ2v) is 7.67. The molecular formula is C29H17N2O6-. The number of ketones is 2. The normalized spacial score (nSPS) is 11.9. The lowest BCUT2D eigenvalue weighted by atomic mass is 10.1. The number of nitrogens with zero attached hydrogens (tertiary/aromatic N) is 2. The van der Waals surface area contributed by atoms with Gasteiger partial charge in [-0.25, -0.2) is 0 Å². The van der Waals surface area contributed by atoms with Crippen LogP contribution in [0.4, 0.5) is 0 Å². The third-order valence-corrected chi connectivity index (χ3v) is 5.10. The number of carbonyl (C=O) groups is 3. The van der Waals surface area contributed by atoms with E-state index in [-0.39, 0.29) is 28.4 Å². The van der Waals surface area contributed by atoms with Crippen LogP contribution in [0.1, 0.15) is 28.0 Å². The number of Topliss-reactive ketones (excluding diaryl/α,β-unsaturated/α-hetero) is 2. The van der Waals surface area contributed by atoms with Crippen LogP contribution in [0.15, 0.2) is 111 Å². The van der Waals surface area contributed by atoms with Crippen LogP contribution in [0.25, 0.3) is 27.3 Å². The van der Waals surface area contributed by atoms with Crippen LogP contribution in [0.2, 0.25) is 0 Å². The SMILES string of the molecule is CC(=O)OC(=C\C=C\C(=C=[N-])C(=O)c1cc2ccccc2o1)/C=C(\C#N)C(=O)c1cc2ccccc2o1. The Morgan fingerprint density at radius 1 is 0.919 bits per heavy atom. The number of furan rings is 2. The summed E-state index contributed by atoms with van der Waals surface area (Å²) in [5.41, 5.74) is 0.408. The molecule has 0 atom stereocenters. The molecule has 0 spiro atoms. The summed E-state index contributed by atoms with van der Waals surface area (Å²) in [6.45, 7) is 1.15. The highest BCUT2D eigenvalue weighted by atomic mass is 16.5. The van der Waals surface area contributed by atoms with Gasteiger partial charge in [-0.3, -0.25) is 20.3 Å². The number of rotatable bonds is 8. The van der Waals surface area contributed by atoms with E-state index in [1.165, 1.54) is 30.4 Å². The molecule has 2 heterocycles. The van der Waals surface area contributed by atoms with Crippen molar-refractivity contribution in [2.45, 2.75) is 6.92 Å². The molecule has 0 aliphatic carbocycles. The molecule has 37 heavy (non-hydrogen) atoms. The van der Waals surface area contributed by atoms with Gasteiger partial charge in [0.1, 0.15) is 28.6 Å². The Hall–Kier alpha value is -5.51. The number of carbonyl (C=O) groups excluding carboxylic acids is 3. The fraction of sp³-hybridized carbons (Fsp3) is 0.0345. The maximum Gasteiger partial charge on any atom is 0.308 e. The fourth-order valence-corrected chi connectivity index (χ4v) is 3.42. The first-order valence-corrected chi connectivity index (χ1v) is 10.9. The third kappa shape index (κ3) is 5.60. The molecular weight excluding hydrogens is 472 g/mol. The van der Waals surface area contributed by atoms with Gasteiger partial charge in [0.15, 0.2) is 11.5 Å². The molecule has 0 aliphatic heterocycles. The molecule has 0 radical (unpaired) electrons. The molecule has 4 aromatic rings. The number of hydrogen-bond acceptors (Lipinski definition) is 7. The predicted octanol–water partition coefficient (Wildman–Crippen LogP) is 5.86. The average Bonchev–Trinajstić information content (AvgIpc) is 3.53. The first-order valence-electron chi connectivity index (χ1n) is 10.9. The number of hydrogen-bond donors (Lipinski definition) is 0. The monoisotopic (exact) mass is 489 g/mol. The van der Waals surface area contributed by atoms with Gasteiger partial charge in [-0.1, -0.05) is 42.5 Å². The molecule has 8 heteroatoms. The van der Waals surface area contributed by atoms with Crippen molar-refractivity contribution < 1.29 is 28.0 Å². The van der Waals surface area contributed by atoms with Gasteiger partial charge in [-0.2, -0.15) is 5.26 Å². The molecule has 8 nitrogen and oxygen atoms in total. The highest BCUT2D eigenvalue weighted by molar-refractivity contribution is 6.15. The second kappa shape index (κ2) is 10.8. The van der Waals surface area contributed by atoms with Gasteiger partial charge in [0.05, 0.1) is 0 Å². The standard InChI is InChI=1S/C29H17N2O6/c1-18(32)35-23(13-22(17-31)29(34)27-15-20-8-3-5-12-25(20)37-27)10-6-9-21(16-30)28(33)26-14-19-7-2-4-11-24(19)36-26/h2-15H,1H3/q-1/b9-6+,22-13+,23-10-. The van der Waals surface area contributed by atoms with Crippen molar-refractivity contribution in [2.24, 2.45) is 0 Å². The van der Waals surface area contributed by atoms with Crippen LogP contribution in [-0.2, 0) is 9.53 Å². The van der Waals surface area contributed by atoms with Crippen LogP contribution >= 0.6 is 0 Å². The van der Waals surface area contributed by atoms with E-state index in [9.17, 15) is 25.1 Å². The van der Waals surface area contributed by atoms with Crippen LogP contribution in [0, 0.1) is 11.3 Å². The summed E-state index contributed by atoms with van der Waals surface area (Å²) >= 11 is 0. The molecule has 0 fully saturated rings.